The van der Waals surface area contributed by atoms with E-state index in [1.54, 1.807) is 4.90 Å². The molecule has 1 saturated heterocycles. The molecule has 0 aliphatic carbocycles. The summed E-state index contributed by atoms with van der Waals surface area (Å²) in [7, 11) is 0. The average molecular weight is 330 g/mol. The van der Waals surface area contributed by atoms with Crippen molar-refractivity contribution >= 4 is 29.0 Å². The number of hydrogen-bond donors (Lipinski definition) is 0. The number of morpholine rings is 1. The van der Waals surface area contributed by atoms with E-state index in [0.717, 1.165) is 42.9 Å². The smallest absolute Gasteiger partial charge is 0.260 e. The van der Waals surface area contributed by atoms with Crippen LogP contribution in [0.3, 0.4) is 0 Å². The first kappa shape index (κ1) is 14.6. The van der Waals surface area contributed by atoms with Crippen molar-refractivity contribution < 1.29 is 9.53 Å². The molecule has 0 atom stereocenters. The number of thiophene rings is 1. The van der Waals surface area contributed by atoms with E-state index in [4.69, 9.17) is 9.72 Å². The van der Waals surface area contributed by atoms with Gasteiger partial charge in [-0.1, -0.05) is 0 Å². The predicted molar refractivity (Wildman–Crippen MR) is 89.4 cm³/mol. The van der Waals surface area contributed by atoms with Crippen molar-refractivity contribution in [3.05, 3.63) is 34.2 Å². The van der Waals surface area contributed by atoms with Gasteiger partial charge < -0.3 is 9.64 Å². The van der Waals surface area contributed by atoms with Crippen LogP contribution in [-0.2, 0) is 11.2 Å². The highest BCUT2D eigenvalue weighted by Gasteiger charge is 2.27. The minimum absolute atomic E-state index is 0.0267. The second-order valence-electron chi connectivity index (χ2n) is 5.69. The summed E-state index contributed by atoms with van der Waals surface area (Å²) in [5, 5.41) is 3.82. The highest BCUT2D eigenvalue weighted by molar-refractivity contribution is 7.08. The van der Waals surface area contributed by atoms with Gasteiger partial charge in [-0.3, -0.25) is 9.69 Å². The van der Waals surface area contributed by atoms with E-state index in [-0.39, 0.29) is 5.91 Å². The van der Waals surface area contributed by atoms with Crippen LogP contribution in [0.15, 0.2) is 23.0 Å². The molecule has 0 N–H and O–H groups in total. The van der Waals surface area contributed by atoms with Crippen molar-refractivity contribution in [2.75, 3.05) is 42.6 Å². The maximum Gasteiger partial charge on any atom is 0.260 e. The predicted octanol–water partition coefficient (Wildman–Crippen LogP) is 1.97. The molecule has 6 nitrogen and oxygen atoms in total. The quantitative estimate of drug-likeness (QED) is 0.842. The summed E-state index contributed by atoms with van der Waals surface area (Å²) in [6.07, 6.45) is 3.75. The molecule has 2 aromatic heterocycles. The van der Waals surface area contributed by atoms with Crippen molar-refractivity contribution in [1.82, 2.24) is 9.97 Å². The maximum atomic E-state index is 12.7. The number of hydrogen-bond acceptors (Lipinski definition) is 6. The van der Waals surface area contributed by atoms with Crippen LogP contribution in [0.2, 0.25) is 0 Å². The highest BCUT2D eigenvalue weighted by Crippen LogP contribution is 2.28. The molecule has 2 aliphatic heterocycles. The van der Waals surface area contributed by atoms with Gasteiger partial charge in [0, 0.05) is 36.8 Å². The topological polar surface area (TPSA) is 58.6 Å². The van der Waals surface area contributed by atoms with Gasteiger partial charge in [0.15, 0.2) is 0 Å². The standard InChI is InChI=1S/C16H18N4O2S/c21-15(13-3-9-23-11-13)20-4-1-2-12-10-17-16(18-14(12)20)19-5-7-22-8-6-19/h3,9-11H,1-2,4-8H2. The Balaban J connectivity index is 1.66. The molecule has 0 aromatic carbocycles. The van der Waals surface area contributed by atoms with Gasteiger partial charge in [-0.2, -0.15) is 16.3 Å². The zero-order chi connectivity index (χ0) is 15.6. The van der Waals surface area contributed by atoms with Gasteiger partial charge in [0.05, 0.1) is 18.8 Å². The Kier molecular flexibility index (Phi) is 3.97. The molecular formula is C16H18N4O2S. The SMILES string of the molecule is O=C(c1ccsc1)N1CCCc2cnc(N3CCOCC3)nc21. The van der Waals surface area contributed by atoms with E-state index in [1.165, 1.54) is 11.3 Å². The molecule has 0 spiro atoms. The van der Waals surface area contributed by atoms with Gasteiger partial charge in [-0.15, -0.1) is 0 Å². The molecule has 120 valence electrons. The van der Waals surface area contributed by atoms with E-state index in [9.17, 15) is 4.79 Å². The van der Waals surface area contributed by atoms with Gasteiger partial charge in [-0.25, -0.2) is 4.98 Å². The Labute approximate surface area is 138 Å². The van der Waals surface area contributed by atoms with E-state index in [2.05, 4.69) is 9.88 Å². The highest BCUT2D eigenvalue weighted by atomic mass is 32.1. The fourth-order valence-corrected chi connectivity index (χ4v) is 3.62. The molecule has 2 aliphatic rings. The van der Waals surface area contributed by atoms with Crippen LogP contribution < -0.4 is 9.80 Å². The number of carbonyl (C=O) groups is 1. The number of nitrogens with zero attached hydrogens (tertiary/aromatic N) is 4. The lowest BCUT2D eigenvalue weighted by atomic mass is 10.1. The Morgan fingerprint density at radius 1 is 1.26 bits per heavy atom. The summed E-state index contributed by atoms with van der Waals surface area (Å²) >= 11 is 1.54. The molecule has 0 radical (unpaired) electrons. The Morgan fingerprint density at radius 3 is 2.91 bits per heavy atom. The zero-order valence-electron chi connectivity index (χ0n) is 12.8. The third-order valence-corrected chi connectivity index (χ3v) is 4.90. The van der Waals surface area contributed by atoms with E-state index in [1.807, 2.05) is 23.0 Å². The third kappa shape index (κ3) is 2.82. The van der Waals surface area contributed by atoms with E-state index >= 15 is 0 Å². The lowest BCUT2D eigenvalue weighted by molar-refractivity contribution is 0.0984. The number of aromatic nitrogens is 2. The largest absolute Gasteiger partial charge is 0.378 e. The minimum Gasteiger partial charge on any atom is -0.378 e. The average Bonchev–Trinajstić information content (AvgIpc) is 3.15. The summed E-state index contributed by atoms with van der Waals surface area (Å²) in [6, 6.07) is 1.87. The van der Waals surface area contributed by atoms with Crippen LogP contribution in [0.5, 0.6) is 0 Å². The first-order valence-electron chi connectivity index (χ1n) is 7.85. The number of carbonyl (C=O) groups excluding carboxylic acids is 1. The van der Waals surface area contributed by atoms with Crippen molar-refractivity contribution in [2.24, 2.45) is 0 Å². The van der Waals surface area contributed by atoms with Gasteiger partial charge in [0.1, 0.15) is 5.82 Å². The van der Waals surface area contributed by atoms with Gasteiger partial charge in [0.25, 0.3) is 5.91 Å². The van der Waals surface area contributed by atoms with Crippen molar-refractivity contribution in [3.63, 3.8) is 0 Å². The van der Waals surface area contributed by atoms with E-state index in [0.29, 0.717) is 25.7 Å². The van der Waals surface area contributed by atoms with Crippen LogP contribution >= 0.6 is 11.3 Å². The molecule has 0 bridgehead atoms. The summed E-state index contributed by atoms with van der Waals surface area (Å²) < 4.78 is 5.38. The molecule has 4 heterocycles. The maximum absolute atomic E-state index is 12.7. The van der Waals surface area contributed by atoms with Crippen LogP contribution in [0.1, 0.15) is 22.3 Å². The normalized spacial score (nSPS) is 17.9. The summed E-state index contributed by atoms with van der Waals surface area (Å²) in [6.45, 7) is 3.67. The summed E-state index contributed by atoms with van der Waals surface area (Å²) in [5.74, 6) is 1.49. The minimum atomic E-state index is 0.0267. The molecule has 1 fully saturated rings. The fraction of sp³-hybridized carbons (Fsp3) is 0.438. The monoisotopic (exact) mass is 330 g/mol. The number of anilines is 2. The Morgan fingerprint density at radius 2 is 2.13 bits per heavy atom. The van der Waals surface area contributed by atoms with Crippen molar-refractivity contribution in [2.45, 2.75) is 12.8 Å². The molecule has 0 unspecified atom stereocenters. The molecule has 2 aromatic rings. The lowest BCUT2D eigenvalue weighted by Gasteiger charge is -2.31. The van der Waals surface area contributed by atoms with Crippen molar-refractivity contribution in [1.29, 1.82) is 0 Å². The number of amides is 1. The molecule has 7 heteroatoms. The number of rotatable bonds is 2. The summed E-state index contributed by atoms with van der Waals surface area (Å²) in [5.41, 5.74) is 1.78. The molecule has 1 amide bonds. The zero-order valence-corrected chi connectivity index (χ0v) is 13.6. The molecule has 4 rings (SSSR count). The number of ether oxygens (including phenoxy) is 1. The first-order chi connectivity index (χ1) is 11.3. The van der Waals surface area contributed by atoms with E-state index < -0.39 is 0 Å². The van der Waals surface area contributed by atoms with Crippen LogP contribution in [-0.4, -0.2) is 48.7 Å². The third-order valence-electron chi connectivity index (χ3n) is 4.22. The number of aryl methyl sites for hydroxylation is 1. The van der Waals surface area contributed by atoms with Crippen LogP contribution in [0.4, 0.5) is 11.8 Å². The molecule has 0 saturated carbocycles. The Bertz CT molecular complexity index is 698. The van der Waals surface area contributed by atoms with Gasteiger partial charge in [-0.05, 0) is 24.3 Å². The summed E-state index contributed by atoms with van der Waals surface area (Å²) in [4.78, 5) is 25.9. The van der Waals surface area contributed by atoms with Crippen molar-refractivity contribution in [3.8, 4) is 0 Å². The molecule has 23 heavy (non-hydrogen) atoms. The van der Waals surface area contributed by atoms with Crippen LogP contribution in [0, 0.1) is 0 Å². The second-order valence-corrected chi connectivity index (χ2v) is 6.47. The lowest BCUT2D eigenvalue weighted by Crippen LogP contribution is -2.39. The molecular weight excluding hydrogens is 312 g/mol. The van der Waals surface area contributed by atoms with Gasteiger partial charge >= 0.3 is 0 Å². The number of fused-ring (bicyclic) bond motifs is 1. The Hall–Kier alpha value is -1.99. The van der Waals surface area contributed by atoms with Crippen LogP contribution in [0.25, 0.3) is 0 Å². The second kappa shape index (κ2) is 6.25. The van der Waals surface area contributed by atoms with Gasteiger partial charge in [0.2, 0.25) is 5.95 Å². The first-order valence-corrected chi connectivity index (χ1v) is 8.80. The fourth-order valence-electron chi connectivity index (χ4n) is 2.99.